The smallest absolute Gasteiger partial charge is 0.256 e. The average Bonchev–Trinajstić information content (AvgIpc) is 3.29. The van der Waals surface area contributed by atoms with Gasteiger partial charge in [-0.15, -0.1) is 0 Å². The zero-order valence-electron chi connectivity index (χ0n) is 18.2. The van der Waals surface area contributed by atoms with Gasteiger partial charge in [-0.3, -0.25) is 9.59 Å². The van der Waals surface area contributed by atoms with E-state index in [4.69, 9.17) is 0 Å². The molecule has 4 aromatic rings. The van der Waals surface area contributed by atoms with Crippen molar-refractivity contribution in [2.24, 2.45) is 5.92 Å². The monoisotopic (exact) mass is 439 g/mol. The molecule has 0 spiro atoms. The van der Waals surface area contributed by atoms with Crippen LogP contribution in [0.15, 0.2) is 66.9 Å². The average molecular weight is 440 g/mol. The molecule has 1 aliphatic rings. The van der Waals surface area contributed by atoms with E-state index in [0.29, 0.717) is 17.2 Å². The van der Waals surface area contributed by atoms with Crippen LogP contribution in [0.3, 0.4) is 0 Å². The number of aromatic nitrogens is 3. The van der Waals surface area contributed by atoms with Gasteiger partial charge in [0.25, 0.3) is 5.91 Å². The van der Waals surface area contributed by atoms with Crippen molar-refractivity contribution >= 4 is 34.4 Å². The SMILES string of the molecule is O=C(Nc1ccccn1)c1ccc2nc(-c3ccc(NC(=O)C4CCCCC4)cc3)[nH]c2c1. The number of H-pyrrole nitrogens is 1. The summed E-state index contributed by atoms with van der Waals surface area (Å²) in [4.78, 5) is 37.1. The Labute approximate surface area is 191 Å². The number of pyridine rings is 1. The number of hydrogen-bond acceptors (Lipinski definition) is 4. The molecule has 5 rings (SSSR count). The molecule has 0 aliphatic heterocycles. The van der Waals surface area contributed by atoms with Crippen LogP contribution < -0.4 is 10.6 Å². The van der Waals surface area contributed by atoms with Crippen LogP contribution in [0.1, 0.15) is 42.5 Å². The highest BCUT2D eigenvalue weighted by Gasteiger charge is 2.21. The van der Waals surface area contributed by atoms with Crippen molar-refractivity contribution in [1.82, 2.24) is 15.0 Å². The number of benzene rings is 2. The molecule has 0 saturated heterocycles. The van der Waals surface area contributed by atoms with Gasteiger partial charge in [0.2, 0.25) is 5.91 Å². The van der Waals surface area contributed by atoms with Gasteiger partial charge in [0.1, 0.15) is 11.6 Å². The predicted molar refractivity (Wildman–Crippen MR) is 129 cm³/mol. The van der Waals surface area contributed by atoms with Gasteiger partial charge in [-0.1, -0.05) is 25.3 Å². The Kier molecular flexibility index (Phi) is 5.85. The van der Waals surface area contributed by atoms with Crippen LogP contribution in [-0.4, -0.2) is 26.8 Å². The Morgan fingerprint density at radius 2 is 1.73 bits per heavy atom. The van der Waals surface area contributed by atoms with Crippen molar-refractivity contribution in [2.75, 3.05) is 10.6 Å². The van der Waals surface area contributed by atoms with Crippen molar-refractivity contribution in [1.29, 1.82) is 0 Å². The summed E-state index contributed by atoms with van der Waals surface area (Å²) in [5.41, 5.74) is 3.76. The Morgan fingerprint density at radius 1 is 0.909 bits per heavy atom. The zero-order chi connectivity index (χ0) is 22.6. The third-order valence-corrected chi connectivity index (χ3v) is 6.05. The number of imidazole rings is 1. The number of hydrogen-bond donors (Lipinski definition) is 3. The molecule has 2 heterocycles. The normalized spacial score (nSPS) is 14.2. The molecule has 2 aromatic heterocycles. The summed E-state index contributed by atoms with van der Waals surface area (Å²) in [6, 6.07) is 18.4. The van der Waals surface area contributed by atoms with E-state index in [1.807, 2.05) is 36.4 Å². The van der Waals surface area contributed by atoms with Gasteiger partial charge in [-0.2, -0.15) is 0 Å². The highest BCUT2D eigenvalue weighted by molar-refractivity contribution is 6.05. The molecule has 1 fully saturated rings. The lowest BCUT2D eigenvalue weighted by Gasteiger charge is -2.20. The summed E-state index contributed by atoms with van der Waals surface area (Å²) in [5.74, 6) is 1.21. The Hall–Kier alpha value is -4.00. The zero-order valence-corrected chi connectivity index (χ0v) is 18.2. The molecular weight excluding hydrogens is 414 g/mol. The first-order valence-corrected chi connectivity index (χ1v) is 11.3. The van der Waals surface area contributed by atoms with E-state index in [0.717, 1.165) is 48.0 Å². The molecule has 0 atom stereocenters. The summed E-state index contributed by atoms with van der Waals surface area (Å²) in [6.07, 6.45) is 7.08. The fraction of sp³-hybridized carbons (Fsp3) is 0.231. The Bertz CT molecular complexity index is 1280. The molecule has 3 N–H and O–H groups in total. The standard InChI is InChI=1S/C26H25N5O2/c32-25(18-6-2-1-3-7-18)28-20-12-9-17(10-13-20)24-29-21-14-11-19(16-22(21)30-24)26(33)31-23-8-4-5-15-27-23/h4-5,8-16,18H,1-3,6-7H2,(H,28,32)(H,29,30)(H,27,31,33). The first kappa shape index (κ1) is 20.9. The number of amides is 2. The lowest BCUT2D eigenvalue weighted by Crippen LogP contribution is -2.24. The lowest BCUT2D eigenvalue weighted by molar-refractivity contribution is -0.120. The number of anilines is 2. The van der Waals surface area contributed by atoms with Crippen molar-refractivity contribution in [3.8, 4) is 11.4 Å². The molecule has 1 saturated carbocycles. The molecular formula is C26H25N5O2. The van der Waals surface area contributed by atoms with Gasteiger partial charge in [0.05, 0.1) is 11.0 Å². The predicted octanol–water partition coefficient (Wildman–Crippen LogP) is 5.40. The Balaban J connectivity index is 1.29. The number of carbonyl (C=O) groups is 2. The highest BCUT2D eigenvalue weighted by atomic mass is 16.2. The summed E-state index contributed by atoms with van der Waals surface area (Å²) in [7, 11) is 0. The fourth-order valence-corrected chi connectivity index (χ4v) is 4.23. The summed E-state index contributed by atoms with van der Waals surface area (Å²) >= 11 is 0. The summed E-state index contributed by atoms with van der Waals surface area (Å²) in [5, 5.41) is 5.83. The number of rotatable bonds is 5. The first-order chi connectivity index (χ1) is 16.2. The molecule has 0 radical (unpaired) electrons. The van der Waals surface area contributed by atoms with Gasteiger partial charge >= 0.3 is 0 Å². The number of fused-ring (bicyclic) bond motifs is 1. The minimum atomic E-state index is -0.232. The number of carbonyl (C=O) groups excluding carboxylic acids is 2. The molecule has 166 valence electrons. The molecule has 2 amide bonds. The van der Waals surface area contributed by atoms with Crippen LogP contribution in [0, 0.1) is 5.92 Å². The van der Waals surface area contributed by atoms with Crippen molar-refractivity contribution < 1.29 is 9.59 Å². The fourth-order valence-electron chi connectivity index (χ4n) is 4.23. The van der Waals surface area contributed by atoms with E-state index in [2.05, 4.69) is 25.6 Å². The van der Waals surface area contributed by atoms with E-state index in [1.165, 1.54) is 6.42 Å². The third-order valence-electron chi connectivity index (χ3n) is 6.05. The van der Waals surface area contributed by atoms with Gasteiger partial charge in [-0.25, -0.2) is 9.97 Å². The second kappa shape index (κ2) is 9.24. The summed E-state index contributed by atoms with van der Waals surface area (Å²) in [6.45, 7) is 0. The minimum absolute atomic E-state index is 0.114. The molecule has 0 unspecified atom stereocenters. The number of nitrogens with zero attached hydrogens (tertiary/aromatic N) is 2. The van der Waals surface area contributed by atoms with E-state index < -0.39 is 0 Å². The van der Waals surface area contributed by atoms with Crippen LogP contribution in [-0.2, 0) is 4.79 Å². The quantitative estimate of drug-likeness (QED) is 0.388. The van der Waals surface area contributed by atoms with Gasteiger partial charge in [-0.05, 0) is 67.4 Å². The molecule has 1 aliphatic carbocycles. The van der Waals surface area contributed by atoms with Gasteiger partial charge < -0.3 is 15.6 Å². The first-order valence-electron chi connectivity index (χ1n) is 11.3. The van der Waals surface area contributed by atoms with Crippen molar-refractivity contribution in [3.63, 3.8) is 0 Å². The van der Waals surface area contributed by atoms with Crippen LogP contribution in [0.4, 0.5) is 11.5 Å². The van der Waals surface area contributed by atoms with E-state index in [9.17, 15) is 9.59 Å². The van der Waals surface area contributed by atoms with E-state index >= 15 is 0 Å². The van der Waals surface area contributed by atoms with Crippen LogP contribution >= 0.6 is 0 Å². The van der Waals surface area contributed by atoms with Crippen molar-refractivity contribution in [2.45, 2.75) is 32.1 Å². The molecule has 7 heteroatoms. The maximum absolute atomic E-state index is 12.6. The van der Waals surface area contributed by atoms with Crippen LogP contribution in [0.5, 0.6) is 0 Å². The van der Waals surface area contributed by atoms with Crippen LogP contribution in [0.25, 0.3) is 22.4 Å². The molecule has 7 nitrogen and oxygen atoms in total. The third kappa shape index (κ3) is 4.77. The Morgan fingerprint density at radius 3 is 2.48 bits per heavy atom. The number of nitrogens with one attached hydrogen (secondary N) is 3. The maximum Gasteiger partial charge on any atom is 0.256 e. The minimum Gasteiger partial charge on any atom is -0.338 e. The van der Waals surface area contributed by atoms with Gasteiger partial charge in [0, 0.05) is 28.9 Å². The largest absolute Gasteiger partial charge is 0.338 e. The van der Waals surface area contributed by atoms with Crippen molar-refractivity contribution in [3.05, 3.63) is 72.4 Å². The molecule has 2 aromatic carbocycles. The highest BCUT2D eigenvalue weighted by Crippen LogP contribution is 2.26. The maximum atomic E-state index is 12.6. The van der Waals surface area contributed by atoms with E-state index in [1.54, 1.807) is 30.5 Å². The van der Waals surface area contributed by atoms with Crippen LogP contribution in [0.2, 0.25) is 0 Å². The molecule has 33 heavy (non-hydrogen) atoms. The molecule has 0 bridgehead atoms. The number of aromatic amines is 1. The van der Waals surface area contributed by atoms with E-state index in [-0.39, 0.29) is 17.7 Å². The lowest BCUT2D eigenvalue weighted by atomic mass is 9.88. The summed E-state index contributed by atoms with van der Waals surface area (Å²) < 4.78 is 0. The van der Waals surface area contributed by atoms with Gasteiger partial charge in [0.15, 0.2) is 0 Å². The second-order valence-corrected chi connectivity index (χ2v) is 8.39. The second-order valence-electron chi connectivity index (χ2n) is 8.39. The topological polar surface area (TPSA) is 99.8 Å².